The monoisotopic (exact) mass is 396 g/mol. The molecule has 0 radical (unpaired) electrons. The number of aliphatic hydroxyl groups is 1. The van der Waals surface area contributed by atoms with Gasteiger partial charge in [0.2, 0.25) is 0 Å². The van der Waals surface area contributed by atoms with Crippen LogP contribution < -0.4 is 0 Å². The van der Waals surface area contributed by atoms with E-state index < -0.39 is 6.10 Å². The second-order valence-electron chi connectivity index (χ2n) is 8.77. The smallest absolute Gasteiger partial charge is 0.105 e. The van der Waals surface area contributed by atoms with Crippen LogP contribution in [0.5, 0.6) is 0 Å². The van der Waals surface area contributed by atoms with E-state index in [4.69, 9.17) is 0 Å². The Balaban J connectivity index is 1.44. The van der Waals surface area contributed by atoms with Crippen LogP contribution in [0.25, 0.3) is 43.1 Å². The van der Waals surface area contributed by atoms with Crippen LogP contribution in [-0.2, 0) is 6.42 Å². The third-order valence-electron chi connectivity index (χ3n) is 6.90. The van der Waals surface area contributed by atoms with Gasteiger partial charge in [-0.15, -0.1) is 0 Å². The molecule has 0 saturated carbocycles. The summed E-state index contributed by atoms with van der Waals surface area (Å²) in [6, 6.07) is 34.9. The summed E-state index contributed by atoms with van der Waals surface area (Å²) in [5.74, 6) is 0. The lowest BCUT2D eigenvalue weighted by Crippen LogP contribution is -2.13. The molecule has 1 heteroatoms. The maximum atomic E-state index is 11.4. The molecule has 1 aliphatic rings. The van der Waals surface area contributed by atoms with Crippen molar-refractivity contribution in [1.29, 1.82) is 0 Å². The Morgan fingerprint density at radius 1 is 0.452 bits per heavy atom. The molecular weight excluding hydrogens is 376 g/mol. The molecule has 0 heterocycles. The third-order valence-corrected chi connectivity index (χ3v) is 6.90. The number of hydrogen-bond donors (Lipinski definition) is 1. The fourth-order valence-electron chi connectivity index (χ4n) is 5.30. The van der Waals surface area contributed by atoms with Crippen LogP contribution in [0.3, 0.4) is 0 Å². The second-order valence-corrected chi connectivity index (χ2v) is 8.77. The zero-order valence-corrected chi connectivity index (χ0v) is 17.0. The molecule has 1 N–H and O–H groups in total. The molecule has 1 aliphatic carbocycles. The minimum Gasteiger partial charge on any atom is -0.384 e. The van der Waals surface area contributed by atoms with Crippen LogP contribution >= 0.6 is 0 Å². The van der Waals surface area contributed by atoms with Gasteiger partial charge in [0.15, 0.2) is 0 Å². The van der Waals surface area contributed by atoms with E-state index in [1.54, 1.807) is 0 Å². The average Bonchev–Trinajstić information content (AvgIpc) is 2.79. The quantitative estimate of drug-likeness (QED) is 0.267. The molecule has 0 amide bonds. The number of benzene rings is 6. The normalized spacial score (nSPS) is 13.7. The highest BCUT2D eigenvalue weighted by Crippen LogP contribution is 2.40. The summed E-state index contributed by atoms with van der Waals surface area (Å²) in [5, 5.41) is 21.2. The lowest BCUT2D eigenvalue weighted by atomic mass is 9.81. The highest BCUT2D eigenvalue weighted by atomic mass is 16.3. The van der Waals surface area contributed by atoms with Crippen molar-refractivity contribution in [3.05, 3.63) is 119 Å². The minimum absolute atomic E-state index is 0.592. The maximum absolute atomic E-state index is 11.4. The molecule has 0 aromatic heterocycles. The van der Waals surface area contributed by atoms with Crippen LogP contribution in [0, 0.1) is 0 Å². The van der Waals surface area contributed by atoms with Gasteiger partial charge in [0.25, 0.3) is 0 Å². The molecule has 1 nitrogen and oxygen atoms in total. The highest BCUT2D eigenvalue weighted by molar-refractivity contribution is 6.00. The summed E-state index contributed by atoms with van der Waals surface area (Å²) in [7, 11) is 0. The van der Waals surface area contributed by atoms with E-state index in [-0.39, 0.29) is 0 Å². The van der Waals surface area contributed by atoms with Gasteiger partial charge in [-0.1, -0.05) is 60.7 Å². The second kappa shape index (κ2) is 6.16. The molecule has 6 aromatic rings. The molecule has 0 aliphatic heterocycles. The van der Waals surface area contributed by atoms with E-state index >= 15 is 0 Å². The van der Waals surface area contributed by atoms with Crippen LogP contribution in [0.2, 0.25) is 0 Å². The summed E-state index contributed by atoms with van der Waals surface area (Å²) in [6.45, 7) is 0. The molecule has 0 fully saturated rings. The fraction of sp³-hybridized carbons (Fsp3) is 0.0667. The predicted molar refractivity (Wildman–Crippen MR) is 130 cm³/mol. The van der Waals surface area contributed by atoms with Crippen molar-refractivity contribution in [3.63, 3.8) is 0 Å². The summed E-state index contributed by atoms with van der Waals surface area (Å²) >= 11 is 0. The van der Waals surface area contributed by atoms with Crippen molar-refractivity contribution < 1.29 is 5.11 Å². The first-order valence-corrected chi connectivity index (χ1v) is 10.8. The van der Waals surface area contributed by atoms with E-state index in [0.717, 1.165) is 17.5 Å². The molecule has 146 valence electrons. The lowest BCUT2D eigenvalue weighted by Gasteiger charge is -2.26. The Hall–Kier alpha value is -3.68. The van der Waals surface area contributed by atoms with Gasteiger partial charge in [-0.25, -0.2) is 0 Å². The summed E-state index contributed by atoms with van der Waals surface area (Å²) < 4.78 is 0. The topological polar surface area (TPSA) is 20.2 Å². The maximum Gasteiger partial charge on any atom is 0.105 e. The minimum atomic E-state index is -0.592. The predicted octanol–water partition coefficient (Wildman–Crippen LogP) is 7.29. The number of hydrogen-bond acceptors (Lipinski definition) is 1. The largest absolute Gasteiger partial charge is 0.384 e. The standard InChI is InChI=1S/C30H20O/c31-30-28-16-24-11-20-7-3-1-5-18(20)9-22(24)13-26(28)15-27-14-23-10-19-6-2-4-8-21(19)12-25(23)17-29(27)30/h1-14,16-17,30-31H,15H2. The van der Waals surface area contributed by atoms with E-state index in [0.29, 0.717) is 0 Å². The van der Waals surface area contributed by atoms with Crippen molar-refractivity contribution in [3.8, 4) is 0 Å². The van der Waals surface area contributed by atoms with Crippen molar-refractivity contribution in [1.82, 2.24) is 0 Å². The zero-order chi connectivity index (χ0) is 20.5. The van der Waals surface area contributed by atoms with Gasteiger partial charge < -0.3 is 5.11 Å². The van der Waals surface area contributed by atoms with Crippen molar-refractivity contribution in [2.24, 2.45) is 0 Å². The molecule has 0 atom stereocenters. The van der Waals surface area contributed by atoms with Gasteiger partial charge in [-0.3, -0.25) is 0 Å². The van der Waals surface area contributed by atoms with Crippen molar-refractivity contribution in [2.75, 3.05) is 0 Å². The summed E-state index contributed by atoms with van der Waals surface area (Å²) in [6.07, 6.45) is 0.262. The van der Waals surface area contributed by atoms with Gasteiger partial charge in [0, 0.05) is 0 Å². The SMILES string of the molecule is OC1c2cc3cc4ccccc4cc3cc2Cc2cc3cc4ccccc4cc3cc21. The fourth-order valence-corrected chi connectivity index (χ4v) is 5.30. The number of rotatable bonds is 0. The first-order valence-electron chi connectivity index (χ1n) is 10.8. The van der Waals surface area contributed by atoms with Crippen molar-refractivity contribution in [2.45, 2.75) is 12.5 Å². The molecule has 7 rings (SSSR count). The summed E-state index contributed by atoms with van der Waals surface area (Å²) in [5.41, 5.74) is 4.52. The van der Waals surface area contributed by atoms with Gasteiger partial charge in [0.1, 0.15) is 6.10 Å². The first kappa shape index (κ1) is 17.0. The van der Waals surface area contributed by atoms with Gasteiger partial charge >= 0.3 is 0 Å². The first-order chi connectivity index (χ1) is 15.2. The van der Waals surface area contributed by atoms with Gasteiger partial charge in [-0.2, -0.15) is 0 Å². The summed E-state index contributed by atoms with van der Waals surface area (Å²) in [4.78, 5) is 0. The molecule has 0 unspecified atom stereocenters. The Kier molecular flexibility index (Phi) is 3.39. The van der Waals surface area contributed by atoms with E-state index in [1.807, 2.05) is 0 Å². The number of fused-ring (bicyclic) bond motifs is 6. The van der Waals surface area contributed by atoms with Crippen LogP contribution in [0.4, 0.5) is 0 Å². The Morgan fingerprint density at radius 3 is 1.19 bits per heavy atom. The Morgan fingerprint density at radius 2 is 0.806 bits per heavy atom. The van der Waals surface area contributed by atoms with Gasteiger partial charge in [-0.05, 0) is 108 Å². The number of aliphatic hydroxyl groups excluding tert-OH is 1. The van der Waals surface area contributed by atoms with Crippen LogP contribution in [0.1, 0.15) is 28.4 Å². The molecule has 0 saturated heterocycles. The van der Waals surface area contributed by atoms with E-state index in [2.05, 4.69) is 97.1 Å². The molecule has 0 bridgehead atoms. The zero-order valence-electron chi connectivity index (χ0n) is 17.0. The van der Waals surface area contributed by atoms with E-state index in [1.165, 1.54) is 54.2 Å². The molecule has 6 aromatic carbocycles. The van der Waals surface area contributed by atoms with Crippen LogP contribution in [0.15, 0.2) is 97.1 Å². The van der Waals surface area contributed by atoms with Crippen molar-refractivity contribution >= 4 is 43.1 Å². The Labute approximate surface area is 180 Å². The average molecular weight is 396 g/mol. The lowest BCUT2D eigenvalue weighted by molar-refractivity contribution is 0.216. The molecule has 0 spiro atoms. The molecule has 31 heavy (non-hydrogen) atoms. The highest BCUT2D eigenvalue weighted by Gasteiger charge is 2.25. The van der Waals surface area contributed by atoms with Crippen LogP contribution in [-0.4, -0.2) is 5.11 Å². The third kappa shape index (κ3) is 2.54. The molecular formula is C30H20O. The Bertz CT molecular complexity index is 1550. The van der Waals surface area contributed by atoms with Gasteiger partial charge in [0.05, 0.1) is 0 Å². The van der Waals surface area contributed by atoms with E-state index in [9.17, 15) is 5.11 Å².